The zero-order valence-corrected chi connectivity index (χ0v) is 9.37. The highest BCUT2D eigenvalue weighted by Gasteiger charge is 2.36. The van der Waals surface area contributed by atoms with Gasteiger partial charge in [0.25, 0.3) is 0 Å². The Bertz CT molecular complexity index is 552. The molecule has 3 heterocycles. The van der Waals surface area contributed by atoms with E-state index in [4.69, 9.17) is 13.9 Å². The fourth-order valence-corrected chi connectivity index (χ4v) is 1.71. The van der Waals surface area contributed by atoms with Crippen LogP contribution in [-0.2, 0) is 0 Å². The Kier molecular flexibility index (Phi) is 1.73. The van der Waals surface area contributed by atoms with Gasteiger partial charge in [0.2, 0.25) is 11.5 Å². The molecule has 2 bridgehead atoms. The van der Waals surface area contributed by atoms with Crippen LogP contribution in [0.4, 0.5) is 0 Å². The Balaban J connectivity index is 1.99. The van der Waals surface area contributed by atoms with Crippen LogP contribution in [0.2, 0.25) is 0 Å². The Labute approximate surface area is 92.5 Å². The molecule has 3 rings (SSSR count). The Morgan fingerprint density at radius 1 is 1.31 bits per heavy atom. The number of rotatable bonds is 3. The summed E-state index contributed by atoms with van der Waals surface area (Å²) in [7, 11) is 0. The summed E-state index contributed by atoms with van der Waals surface area (Å²) in [5, 5.41) is 0. The number of hydrogen-bond acceptors (Lipinski definition) is 4. The average molecular weight is 220 g/mol. The predicted octanol–water partition coefficient (Wildman–Crippen LogP) is 2.83. The van der Waals surface area contributed by atoms with Gasteiger partial charge in [-0.1, -0.05) is 13.8 Å². The van der Waals surface area contributed by atoms with Crippen molar-refractivity contribution in [3.05, 3.63) is 11.6 Å². The summed E-state index contributed by atoms with van der Waals surface area (Å²) in [5.74, 6) is 1.05. The van der Waals surface area contributed by atoms with E-state index < -0.39 is 0 Å². The van der Waals surface area contributed by atoms with Gasteiger partial charge in [0.15, 0.2) is 11.2 Å². The molecule has 4 nitrogen and oxygen atoms in total. The standard InChI is InChI=1S/C12H12O4/c1-5(2)6(3)14-10-8-4-7-9(15-8)11(10)16-12(7)13/h4-6H,1-3H3/t6-/m1/s1. The van der Waals surface area contributed by atoms with Crippen LogP contribution in [0.25, 0.3) is 11.2 Å². The van der Waals surface area contributed by atoms with Gasteiger partial charge in [-0.15, -0.1) is 0 Å². The van der Waals surface area contributed by atoms with E-state index in [2.05, 4.69) is 13.8 Å². The third kappa shape index (κ3) is 1.07. The lowest BCUT2D eigenvalue weighted by atomic mass is 10.1. The van der Waals surface area contributed by atoms with Gasteiger partial charge in [-0.3, -0.25) is 0 Å². The lowest BCUT2D eigenvalue weighted by Gasteiger charge is -2.17. The minimum absolute atomic E-state index is 0.0507. The number of carbonyl (C=O) groups excluding carboxylic acids is 1. The summed E-state index contributed by atoms with van der Waals surface area (Å²) in [4.78, 5) is 11.4. The van der Waals surface area contributed by atoms with Gasteiger partial charge in [-0.05, 0) is 12.8 Å². The zero-order valence-electron chi connectivity index (χ0n) is 9.37. The van der Waals surface area contributed by atoms with Gasteiger partial charge >= 0.3 is 5.97 Å². The highest BCUT2D eigenvalue weighted by atomic mass is 16.6. The fourth-order valence-electron chi connectivity index (χ4n) is 1.71. The van der Waals surface area contributed by atoms with E-state index in [0.29, 0.717) is 34.1 Å². The third-order valence-electron chi connectivity index (χ3n) is 3.03. The molecule has 0 fully saturated rings. The van der Waals surface area contributed by atoms with E-state index in [0.717, 1.165) is 0 Å². The average Bonchev–Trinajstić information content (AvgIpc) is 2.81. The van der Waals surface area contributed by atoms with Crippen molar-refractivity contribution in [2.24, 2.45) is 5.92 Å². The molecule has 0 unspecified atom stereocenters. The van der Waals surface area contributed by atoms with Crippen LogP contribution in [0.1, 0.15) is 31.1 Å². The second-order valence-electron chi connectivity index (χ2n) is 4.47. The smallest absolute Gasteiger partial charge is 0.347 e. The van der Waals surface area contributed by atoms with E-state index in [9.17, 15) is 4.79 Å². The van der Waals surface area contributed by atoms with E-state index >= 15 is 0 Å². The molecule has 4 heteroatoms. The largest absolute Gasteiger partial charge is 0.483 e. The summed E-state index contributed by atoms with van der Waals surface area (Å²) in [6.45, 7) is 6.13. The normalized spacial score (nSPS) is 16.1. The quantitative estimate of drug-likeness (QED) is 0.746. The molecular formula is C12H12O4. The number of hydrogen-bond donors (Lipinski definition) is 0. The van der Waals surface area contributed by atoms with E-state index in [1.165, 1.54) is 0 Å². The van der Waals surface area contributed by atoms with Crippen molar-refractivity contribution < 1.29 is 18.7 Å². The van der Waals surface area contributed by atoms with Crippen LogP contribution in [0.15, 0.2) is 10.5 Å². The molecular weight excluding hydrogens is 208 g/mol. The molecule has 0 N–H and O–H groups in total. The molecule has 0 aliphatic carbocycles. The van der Waals surface area contributed by atoms with Crippen molar-refractivity contribution in [2.45, 2.75) is 26.9 Å². The maximum atomic E-state index is 11.4. The van der Waals surface area contributed by atoms with Gasteiger partial charge < -0.3 is 13.9 Å². The molecule has 1 aliphatic heterocycles. The highest BCUT2D eigenvalue weighted by Crippen LogP contribution is 2.49. The Morgan fingerprint density at radius 3 is 2.75 bits per heavy atom. The van der Waals surface area contributed by atoms with Crippen molar-refractivity contribution >= 4 is 17.1 Å². The molecule has 2 aromatic rings. The summed E-state index contributed by atoms with van der Waals surface area (Å²) in [5.41, 5.74) is 1.62. The second kappa shape index (κ2) is 2.90. The highest BCUT2D eigenvalue weighted by molar-refractivity contribution is 6.10. The summed E-state index contributed by atoms with van der Waals surface area (Å²) >= 11 is 0. The van der Waals surface area contributed by atoms with Crippen molar-refractivity contribution in [1.82, 2.24) is 0 Å². The van der Waals surface area contributed by atoms with Crippen LogP contribution < -0.4 is 9.47 Å². The van der Waals surface area contributed by atoms with Gasteiger partial charge in [-0.25, -0.2) is 4.79 Å². The van der Waals surface area contributed by atoms with Crippen LogP contribution >= 0.6 is 0 Å². The Morgan fingerprint density at radius 2 is 2.06 bits per heavy atom. The zero-order chi connectivity index (χ0) is 11.4. The monoisotopic (exact) mass is 220 g/mol. The topological polar surface area (TPSA) is 48.7 Å². The minimum atomic E-state index is -0.351. The van der Waals surface area contributed by atoms with Crippen molar-refractivity contribution in [2.75, 3.05) is 0 Å². The first-order valence-electron chi connectivity index (χ1n) is 5.35. The number of esters is 1. The fraction of sp³-hybridized carbons (Fsp3) is 0.417. The number of fused-ring (bicyclic) bond motifs is 1. The molecule has 0 amide bonds. The van der Waals surface area contributed by atoms with Crippen LogP contribution in [-0.4, -0.2) is 12.1 Å². The first kappa shape index (κ1) is 9.51. The molecule has 0 saturated heterocycles. The minimum Gasteiger partial charge on any atom is -0.483 e. The van der Waals surface area contributed by atoms with Gasteiger partial charge in [0.1, 0.15) is 5.56 Å². The first-order valence-corrected chi connectivity index (χ1v) is 5.35. The Hall–Kier alpha value is -1.71. The van der Waals surface area contributed by atoms with Crippen molar-refractivity contribution in [3.8, 4) is 11.5 Å². The molecule has 0 aromatic carbocycles. The van der Waals surface area contributed by atoms with Crippen LogP contribution in [0, 0.1) is 5.92 Å². The summed E-state index contributed by atoms with van der Waals surface area (Å²) < 4.78 is 16.3. The van der Waals surface area contributed by atoms with Crippen molar-refractivity contribution in [1.29, 1.82) is 0 Å². The number of benzene rings is 1. The first-order chi connectivity index (χ1) is 7.58. The lowest BCUT2D eigenvalue weighted by molar-refractivity contribution is 0.0745. The summed E-state index contributed by atoms with van der Waals surface area (Å²) in [6.07, 6.45) is 0.0507. The number of ether oxygens (including phenoxy) is 2. The molecule has 2 aromatic heterocycles. The molecule has 0 radical (unpaired) electrons. The lowest BCUT2D eigenvalue weighted by Crippen LogP contribution is -2.18. The van der Waals surface area contributed by atoms with Crippen LogP contribution in [0.5, 0.6) is 11.5 Å². The predicted molar refractivity (Wildman–Crippen MR) is 57.3 cm³/mol. The van der Waals surface area contributed by atoms with E-state index in [1.54, 1.807) is 6.07 Å². The molecule has 1 aliphatic rings. The second-order valence-corrected chi connectivity index (χ2v) is 4.47. The van der Waals surface area contributed by atoms with Crippen molar-refractivity contribution in [3.63, 3.8) is 0 Å². The van der Waals surface area contributed by atoms with Gasteiger partial charge in [0, 0.05) is 6.07 Å². The van der Waals surface area contributed by atoms with Gasteiger partial charge in [0.05, 0.1) is 6.10 Å². The van der Waals surface area contributed by atoms with E-state index in [1.807, 2.05) is 6.92 Å². The maximum absolute atomic E-state index is 11.4. The summed E-state index contributed by atoms with van der Waals surface area (Å²) in [6, 6.07) is 1.68. The molecule has 84 valence electrons. The number of carbonyl (C=O) groups is 1. The molecule has 0 saturated carbocycles. The molecule has 1 atom stereocenters. The molecule has 0 spiro atoms. The SMILES string of the molecule is CC(C)[C@@H](C)Oc1c2c3oc1cc3C(=O)O2. The third-order valence-corrected chi connectivity index (χ3v) is 3.03. The van der Waals surface area contributed by atoms with Crippen LogP contribution in [0.3, 0.4) is 0 Å². The van der Waals surface area contributed by atoms with E-state index in [-0.39, 0.29) is 12.1 Å². The number of furan rings is 2. The molecule has 16 heavy (non-hydrogen) atoms. The van der Waals surface area contributed by atoms with Gasteiger partial charge in [-0.2, -0.15) is 0 Å². The maximum Gasteiger partial charge on any atom is 0.347 e.